The summed E-state index contributed by atoms with van der Waals surface area (Å²) in [5.41, 5.74) is 2.52. The smallest absolute Gasteiger partial charge is 0.410 e. The van der Waals surface area contributed by atoms with Crippen molar-refractivity contribution in [2.75, 3.05) is 43.9 Å². The molecule has 12 nitrogen and oxygen atoms in total. The average molecular weight is 659 g/mol. The molecule has 0 bridgehead atoms. The van der Waals surface area contributed by atoms with Gasteiger partial charge in [-0.2, -0.15) is 0 Å². The number of ether oxygens (including phenoxy) is 2. The summed E-state index contributed by atoms with van der Waals surface area (Å²) >= 11 is 0. The molecule has 2 fully saturated rings. The quantitative estimate of drug-likeness (QED) is 0.321. The van der Waals surface area contributed by atoms with E-state index in [2.05, 4.69) is 15.2 Å². The number of hydrogen-bond acceptors (Lipinski definition) is 10. The van der Waals surface area contributed by atoms with E-state index in [-0.39, 0.29) is 23.1 Å². The molecule has 0 radical (unpaired) electrons. The highest BCUT2D eigenvalue weighted by Gasteiger charge is 2.49. The van der Waals surface area contributed by atoms with Gasteiger partial charge in [0.05, 0.1) is 60.3 Å². The van der Waals surface area contributed by atoms with Crippen molar-refractivity contribution in [3.05, 3.63) is 77.6 Å². The average Bonchev–Trinajstić information content (AvgIpc) is 3.01. The maximum atomic E-state index is 12.8. The van der Waals surface area contributed by atoms with Crippen molar-refractivity contribution < 1.29 is 27.5 Å². The van der Waals surface area contributed by atoms with Crippen molar-refractivity contribution in [1.29, 1.82) is 0 Å². The normalized spacial score (nSPS) is 16.2. The maximum absolute atomic E-state index is 12.8. The lowest BCUT2D eigenvalue weighted by Gasteiger charge is -2.54. The van der Waals surface area contributed by atoms with Crippen LogP contribution in [-0.4, -0.2) is 90.5 Å². The summed E-state index contributed by atoms with van der Waals surface area (Å²) in [6.45, 7) is 10.0. The highest BCUT2D eigenvalue weighted by molar-refractivity contribution is 7.90. The Balaban J connectivity index is 1.12. The van der Waals surface area contributed by atoms with E-state index in [0.29, 0.717) is 60.9 Å². The van der Waals surface area contributed by atoms with Gasteiger partial charge < -0.3 is 24.6 Å². The minimum atomic E-state index is -3.46. The molecule has 5 heterocycles. The van der Waals surface area contributed by atoms with E-state index in [1.807, 2.05) is 57.2 Å². The van der Waals surface area contributed by atoms with E-state index in [1.54, 1.807) is 30.2 Å². The van der Waals surface area contributed by atoms with Gasteiger partial charge in [0.25, 0.3) is 5.91 Å². The molecule has 1 N–H and O–H groups in total. The van der Waals surface area contributed by atoms with Crippen molar-refractivity contribution in [1.82, 2.24) is 25.2 Å². The molecular weight excluding hydrogens is 620 g/mol. The number of aromatic nitrogens is 3. The zero-order chi connectivity index (χ0) is 33.6. The van der Waals surface area contributed by atoms with Gasteiger partial charge in [-0.1, -0.05) is 12.1 Å². The largest absolute Gasteiger partial charge is 0.444 e. The highest BCUT2D eigenvalue weighted by atomic mass is 32.2. The fourth-order valence-electron chi connectivity index (χ4n) is 5.78. The lowest BCUT2D eigenvalue weighted by atomic mass is 9.91. The molecule has 2 aliphatic heterocycles. The minimum Gasteiger partial charge on any atom is -0.444 e. The number of nitrogens with zero attached hydrogens (tertiary/aromatic N) is 5. The van der Waals surface area contributed by atoms with Gasteiger partial charge in [0.15, 0.2) is 9.84 Å². The predicted octanol–water partition coefficient (Wildman–Crippen LogP) is 4.16. The molecule has 13 heteroatoms. The molecule has 2 aliphatic rings. The van der Waals surface area contributed by atoms with Crippen LogP contribution in [0.3, 0.4) is 0 Å². The third-order valence-electron chi connectivity index (χ3n) is 8.09. The molecule has 4 aromatic rings. The molecule has 246 valence electrons. The number of nitrogens with one attached hydrogen (secondary N) is 1. The third-order valence-corrected chi connectivity index (χ3v) is 9.33. The van der Waals surface area contributed by atoms with Gasteiger partial charge in [-0.25, -0.2) is 23.2 Å². The van der Waals surface area contributed by atoms with E-state index in [4.69, 9.17) is 19.4 Å². The van der Waals surface area contributed by atoms with Crippen LogP contribution in [0.1, 0.15) is 42.4 Å². The Morgan fingerprint density at radius 3 is 2.53 bits per heavy atom. The van der Waals surface area contributed by atoms with Crippen LogP contribution >= 0.6 is 0 Å². The Kier molecular flexibility index (Phi) is 8.39. The lowest BCUT2D eigenvalue weighted by molar-refractivity contribution is -0.121. The van der Waals surface area contributed by atoms with E-state index < -0.39 is 26.9 Å². The van der Waals surface area contributed by atoms with Crippen LogP contribution < -0.4 is 10.2 Å². The summed E-state index contributed by atoms with van der Waals surface area (Å²) in [5, 5.41) is 3.66. The number of anilines is 1. The minimum absolute atomic E-state index is 0.129. The molecule has 0 saturated carbocycles. The van der Waals surface area contributed by atoms with E-state index in [1.165, 1.54) is 6.07 Å². The number of carbonyl (C=O) groups excluding carboxylic acids is 2. The number of morpholine rings is 1. The van der Waals surface area contributed by atoms with Gasteiger partial charge in [0.2, 0.25) is 0 Å². The molecule has 3 aromatic heterocycles. The summed E-state index contributed by atoms with van der Waals surface area (Å²) in [6, 6.07) is 16.1. The molecular formula is C34H38N6O6S. The first kappa shape index (κ1) is 32.3. The van der Waals surface area contributed by atoms with Crippen molar-refractivity contribution in [2.45, 2.75) is 50.3 Å². The van der Waals surface area contributed by atoms with E-state index >= 15 is 0 Å². The summed E-state index contributed by atoms with van der Waals surface area (Å²) in [7, 11) is -3.46. The van der Waals surface area contributed by atoms with Crippen LogP contribution in [0.15, 0.2) is 65.7 Å². The number of hydrogen-bond donors (Lipinski definition) is 1. The van der Waals surface area contributed by atoms with Gasteiger partial charge >= 0.3 is 6.09 Å². The third kappa shape index (κ3) is 7.20. The van der Waals surface area contributed by atoms with Gasteiger partial charge in [0.1, 0.15) is 17.0 Å². The van der Waals surface area contributed by atoms with Gasteiger partial charge in [-0.3, -0.25) is 9.78 Å². The molecule has 2 amide bonds. The molecule has 0 unspecified atom stereocenters. The van der Waals surface area contributed by atoms with Crippen molar-refractivity contribution in [3.8, 4) is 11.4 Å². The first-order chi connectivity index (χ1) is 22.2. The molecule has 6 rings (SSSR count). The Bertz CT molecular complexity index is 1970. The molecule has 1 spiro atoms. The monoisotopic (exact) mass is 658 g/mol. The lowest BCUT2D eigenvalue weighted by Crippen LogP contribution is -2.71. The second kappa shape index (κ2) is 12.2. The predicted molar refractivity (Wildman–Crippen MR) is 177 cm³/mol. The molecule has 2 saturated heterocycles. The summed E-state index contributed by atoms with van der Waals surface area (Å²) < 4.78 is 35.9. The number of benzene rings is 1. The second-order valence-electron chi connectivity index (χ2n) is 13.2. The molecule has 0 atom stereocenters. The first-order valence-electron chi connectivity index (χ1n) is 15.4. The van der Waals surface area contributed by atoms with Gasteiger partial charge in [0, 0.05) is 29.9 Å². The number of fused-ring (bicyclic) bond motifs is 1. The fraction of sp³-hybridized carbons (Fsp3) is 0.382. The van der Waals surface area contributed by atoms with Crippen molar-refractivity contribution in [2.24, 2.45) is 0 Å². The number of carbonyl (C=O) groups is 2. The molecule has 47 heavy (non-hydrogen) atoms. The SMILES string of the molecule is Cc1ccc(C(=O)NCc2cc3nc(-c4cccc(N5CC6(CN(C(=O)OC(C)(C)C)CCO6)C5)n4)ccc3cn2)cc1S(C)(=O)=O. The number of sulfone groups is 1. The zero-order valence-electron chi connectivity index (χ0n) is 27.1. The van der Waals surface area contributed by atoms with Crippen LogP contribution in [0.2, 0.25) is 0 Å². The maximum Gasteiger partial charge on any atom is 0.410 e. The van der Waals surface area contributed by atoms with E-state index in [0.717, 1.165) is 17.5 Å². The number of aryl methyl sites for hydroxylation is 1. The fourth-order valence-corrected chi connectivity index (χ4v) is 6.78. The standard InChI is InChI=1S/C34H38N6O6S/c1-22-9-10-23(15-29(22)47(5,43)44)31(41)36-18-25-16-28-24(17-35-25)11-12-27(37-28)26-7-6-8-30(38-26)40-20-34(21-40)19-39(13-14-45-34)32(42)46-33(2,3)4/h6-12,15-17H,13-14,18-21H2,1-5H3,(H,36,41). The van der Waals surface area contributed by atoms with Gasteiger partial charge in [-0.15, -0.1) is 0 Å². The highest BCUT2D eigenvalue weighted by Crippen LogP contribution is 2.34. The summed E-state index contributed by atoms with van der Waals surface area (Å²) in [6.07, 6.45) is 2.50. The van der Waals surface area contributed by atoms with Crippen LogP contribution in [0.4, 0.5) is 10.6 Å². The second-order valence-corrected chi connectivity index (χ2v) is 15.2. The van der Waals surface area contributed by atoms with Crippen LogP contribution in [-0.2, 0) is 25.9 Å². The van der Waals surface area contributed by atoms with Gasteiger partial charge in [-0.05, 0) is 75.7 Å². The van der Waals surface area contributed by atoms with E-state index in [9.17, 15) is 18.0 Å². The zero-order valence-corrected chi connectivity index (χ0v) is 27.9. The summed E-state index contributed by atoms with van der Waals surface area (Å²) in [5.74, 6) is 0.393. The number of rotatable bonds is 6. The summed E-state index contributed by atoms with van der Waals surface area (Å²) in [4.78, 5) is 43.7. The molecule has 0 aliphatic carbocycles. The Morgan fingerprint density at radius 1 is 1.02 bits per heavy atom. The van der Waals surface area contributed by atoms with Crippen molar-refractivity contribution >= 4 is 38.6 Å². The number of amides is 2. The Hall–Kier alpha value is -4.62. The van der Waals surface area contributed by atoms with Crippen LogP contribution in [0, 0.1) is 6.92 Å². The Labute approximate surface area is 274 Å². The Morgan fingerprint density at radius 2 is 1.79 bits per heavy atom. The molecule has 1 aromatic carbocycles. The van der Waals surface area contributed by atoms with Crippen molar-refractivity contribution in [3.63, 3.8) is 0 Å². The van der Waals surface area contributed by atoms with Crippen LogP contribution in [0.25, 0.3) is 22.3 Å². The topological polar surface area (TPSA) is 144 Å². The van der Waals surface area contributed by atoms with Crippen LogP contribution in [0.5, 0.6) is 0 Å². The number of pyridine rings is 3. The first-order valence-corrected chi connectivity index (χ1v) is 17.3.